The van der Waals surface area contributed by atoms with E-state index in [-0.39, 0.29) is 0 Å². The predicted octanol–water partition coefficient (Wildman–Crippen LogP) is 0.190. The van der Waals surface area contributed by atoms with E-state index in [1.165, 1.54) is 4.57 Å². The fourth-order valence-corrected chi connectivity index (χ4v) is 3.47. The number of hydrogen-bond acceptors (Lipinski definition) is 5. The highest BCUT2D eigenvalue weighted by Gasteiger charge is 2.22. The maximum Gasteiger partial charge on any atom is 0.329 e. The topological polar surface area (TPSA) is 88.0 Å². The van der Waals surface area contributed by atoms with Gasteiger partial charge in [0.05, 0.1) is 6.54 Å². The third-order valence-electron chi connectivity index (χ3n) is 4.81. The van der Waals surface area contributed by atoms with Crippen LogP contribution in [-0.2, 0) is 13.6 Å². The Bertz CT molecular complexity index is 1070. The van der Waals surface area contributed by atoms with E-state index < -0.39 is 11.2 Å². The van der Waals surface area contributed by atoms with E-state index in [0.29, 0.717) is 17.7 Å². The summed E-state index contributed by atoms with van der Waals surface area (Å²) in [5, 5.41) is 3.32. The quantitative estimate of drug-likeness (QED) is 0.701. The molecule has 0 amide bonds. The molecule has 2 aromatic heterocycles. The van der Waals surface area contributed by atoms with E-state index in [1.54, 1.807) is 7.05 Å². The molecule has 0 atom stereocenters. The van der Waals surface area contributed by atoms with Gasteiger partial charge in [-0.15, -0.1) is 0 Å². The number of rotatable bonds is 3. The van der Waals surface area contributed by atoms with Crippen LogP contribution in [0.3, 0.4) is 0 Å². The van der Waals surface area contributed by atoms with Crippen LogP contribution in [0.5, 0.6) is 0 Å². The van der Waals surface area contributed by atoms with Gasteiger partial charge in [0.1, 0.15) is 0 Å². The van der Waals surface area contributed by atoms with Crippen LogP contribution in [0.25, 0.3) is 11.2 Å². The molecule has 8 nitrogen and oxygen atoms in total. The van der Waals surface area contributed by atoms with E-state index >= 15 is 0 Å². The van der Waals surface area contributed by atoms with Crippen molar-refractivity contribution in [2.45, 2.75) is 13.5 Å². The van der Waals surface area contributed by atoms with Crippen LogP contribution in [0.4, 0.5) is 5.95 Å². The number of hydrogen-bond donors (Lipinski definition) is 2. The molecule has 4 rings (SSSR count). The summed E-state index contributed by atoms with van der Waals surface area (Å²) in [6, 6.07) is 8.19. The van der Waals surface area contributed by atoms with Gasteiger partial charge in [0.2, 0.25) is 5.95 Å². The number of aromatic nitrogens is 4. The molecule has 8 heteroatoms. The van der Waals surface area contributed by atoms with Gasteiger partial charge in [-0.1, -0.05) is 29.8 Å². The molecule has 0 unspecified atom stereocenters. The predicted molar refractivity (Wildman–Crippen MR) is 101 cm³/mol. The number of nitrogens with one attached hydrogen (secondary N) is 2. The zero-order valence-electron chi connectivity index (χ0n) is 15.0. The Kier molecular flexibility index (Phi) is 4.12. The van der Waals surface area contributed by atoms with Crippen molar-refractivity contribution in [2.75, 3.05) is 31.1 Å². The standard InChI is InChI=1S/C18H22N6O2/c1-12-4-3-5-13(10-12)11-24-14-15(22(2)18(26)21-16(14)25)20-17(24)23-8-6-19-7-9-23/h3-5,10,19H,6-9,11H2,1-2H3,(H,21,25,26). The van der Waals surface area contributed by atoms with Crippen molar-refractivity contribution in [1.82, 2.24) is 24.4 Å². The zero-order chi connectivity index (χ0) is 18.3. The van der Waals surface area contributed by atoms with Crippen molar-refractivity contribution in [3.63, 3.8) is 0 Å². The number of anilines is 1. The highest BCUT2D eigenvalue weighted by Crippen LogP contribution is 2.21. The minimum Gasteiger partial charge on any atom is -0.340 e. The largest absolute Gasteiger partial charge is 0.340 e. The van der Waals surface area contributed by atoms with Gasteiger partial charge in [-0.25, -0.2) is 4.79 Å². The first-order chi connectivity index (χ1) is 12.5. The number of fused-ring (bicyclic) bond motifs is 1. The lowest BCUT2D eigenvalue weighted by molar-refractivity contribution is 0.571. The lowest BCUT2D eigenvalue weighted by Gasteiger charge is -2.28. The molecule has 0 aliphatic carbocycles. The van der Waals surface area contributed by atoms with Gasteiger partial charge in [0.15, 0.2) is 11.2 Å². The monoisotopic (exact) mass is 354 g/mol. The van der Waals surface area contributed by atoms with Crippen LogP contribution < -0.4 is 21.5 Å². The van der Waals surface area contributed by atoms with Crippen molar-refractivity contribution in [2.24, 2.45) is 7.05 Å². The highest BCUT2D eigenvalue weighted by atomic mass is 16.2. The van der Waals surface area contributed by atoms with Crippen LogP contribution >= 0.6 is 0 Å². The van der Waals surface area contributed by atoms with Gasteiger partial charge in [0.25, 0.3) is 5.56 Å². The van der Waals surface area contributed by atoms with Crippen LogP contribution in [0.2, 0.25) is 0 Å². The molecular formula is C18H22N6O2. The summed E-state index contributed by atoms with van der Waals surface area (Å²) < 4.78 is 3.32. The summed E-state index contributed by atoms with van der Waals surface area (Å²) in [5.74, 6) is 0.731. The van der Waals surface area contributed by atoms with Crippen LogP contribution in [0, 0.1) is 6.92 Å². The number of piperazine rings is 1. The Balaban J connectivity index is 1.93. The first-order valence-corrected chi connectivity index (χ1v) is 8.75. The van der Waals surface area contributed by atoms with Gasteiger partial charge in [-0.3, -0.25) is 18.9 Å². The fourth-order valence-electron chi connectivity index (χ4n) is 3.47. The van der Waals surface area contributed by atoms with Crippen molar-refractivity contribution < 1.29 is 0 Å². The second-order valence-corrected chi connectivity index (χ2v) is 6.71. The van der Waals surface area contributed by atoms with Crippen molar-refractivity contribution in [3.8, 4) is 0 Å². The summed E-state index contributed by atoms with van der Waals surface area (Å²) in [4.78, 5) is 33.8. The molecule has 26 heavy (non-hydrogen) atoms. The average Bonchev–Trinajstić information content (AvgIpc) is 3.00. The Labute approximate surface area is 150 Å². The second kappa shape index (κ2) is 6.45. The normalized spacial score (nSPS) is 14.9. The van der Waals surface area contributed by atoms with Gasteiger partial charge >= 0.3 is 5.69 Å². The summed E-state index contributed by atoms with van der Waals surface area (Å²) in [6.45, 7) is 5.92. The van der Waals surface area contributed by atoms with Gasteiger partial charge in [-0.2, -0.15) is 4.98 Å². The maximum atomic E-state index is 12.6. The number of benzene rings is 1. The summed E-state index contributed by atoms with van der Waals surface area (Å²) >= 11 is 0. The lowest BCUT2D eigenvalue weighted by atomic mass is 10.1. The van der Waals surface area contributed by atoms with Crippen molar-refractivity contribution in [3.05, 3.63) is 56.2 Å². The number of imidazole rings is 1. The molecule has 2 N–H and O–H groups in total. The minimum absolute atomic E-state index is 0.398. The Morgan fingerprint density at radius 3 is 2.69 bits per heavy atom. The summed E-state index contributed by atoms with van der Waals surface area (Å²) in [7, 11) is 1.63. The molecule has 1 aromatic carbocycles. The molecule has 136 valence electrons. The van der Waals surface area contributed by atoms with E-state index in [2.05, 4.69) is 26.3 Å². The molecule has 0 saturated carbocycles. The number of nitrogens with zero attached hydrogens (tertiary/aromatic N) is 4. The van der Waals surface area contributed by atoms with Crippen LogP contribution in [0.15, 0.2) is 33.9 Å². The Morgan fingerprint density at radius 1 is 1.19 bits per heavy atom. The molecule has 1 aliphatic heterocycles. The van der Waals surface area contributed by atoms with E-state index in [9.17, 15) is 9.59 Å². The molecule has 3 aromatic rings. The molecule has 3 heterocycles. The average molecular weight is 354 g/mol. The minimum atomic E-state index is -0.449. The maximum absolute atomic E-state index is 12.6. The molecular weight excluding hydrogens is 332 g/mol. The van der Waals surface area contributed by atoms with Crippen LogP contribution in [0.1, 0.15) is 11.1 Å². The fraction of sp³-hybridized carbons (Fsp3) is 0.389. The molecule has 0 spiro atoms. The van der Waals surface area contributed by atoms with Crippen molar-refractivity contribution >= 4 is 17.1 Å². The summed E-state index contributed by atoms with van der Waals surface area (Å²) in [6.07, 6.45) is 0. The SMILES string of the molecule is Cc1cccc(Cn2c(N3CCNCC3)nc3c2c(=O)[nH]c(=O)n3C)c1. The first kappa shape index (κ1) is 16.6. The van der Waals surface area contributed by atoms with E-state index in [0.717, 1.165) is 43.3 Å². The summed E-state index contributed by atoms with van der Waals surface area (Å²) in [5.41, 5.74) is 2.26. The van der Waals surface area contributed by atoms with Gasteiger partial charge in [-0.05, 0) is 12.5 Å². The lowest BCUT2D eigenvalue weighted by Crippen LogP contribution is -2.44. The van der Waals surface area contributed by atoms with Gasteiger partial charge in [0, 0.05) is 33.2 Å². The molecule has 1 saturated heterocycles. The highest BCUT2D eigenvalue weighted by molar-refractivity contribution is 5.74. The Morgan fingerprint density at radius 2 is 1.96 bits per heavy atom. The molecule has 1 fully saturated rings. The number of aromatic amines is 1. The third-order valence-corrected chi connectivity index (χ3v) is 4.81. The molecule has 0 bridgehead atoms. The third kappa shape index (κ3) is 2.82. The van der Waals surface area contributed by atoms with Gasteiger partial charge < -0.3 is 10.2 Å². The Hall–Kier alpha value is -2.87. The number of H-pyrrole nitrogens is 1. The smallest absolute Gasteiger partial charge is 0.329 e. The van der Waals surface area contributed by atoms with Crippen molar-refractivity contribution in [1.29, 1.82) is 0 Å². The van der Waals surface area contributed by atoms with E-state index in [1.807, 2.05) is 29.7 Å². The number of aryl methyl sites for hydroxylation is 2. The van der Waals surface area contributed by atoms with E-state index in [4.69, 9.17) is 0 Å². The first-order valence-electron chi connectivity index (χ1n) is 8.75. The molecule has 0 radical (unpaired) electrons. The molecule has 1 aliphatic rings. The van der Waals surface area contributed by atoms with Crippen LogP contribution in [-0.4, -0.2) is 45.3 Å². The second-order valence-electron chi connectivity index (χ2n) is 6.71. The zero-order valence-corrected chi connectivity index (χ0v) is 15.0.